The fourth-order valence-corrected chi connectivity index (χ4v) is 3.28. The molecule has 0 bridgehead atoms. The van der Waals surface area contributed by atoms with Gasteiger partial charge in [0.1, 0.15) is 30.5 Å². The monoisotopic (exact) mass is 378 g/mol. The highest BCUT2D eigenvalue weighted by atomic mass is 16.5. The molecule has 28 heavy (non-hydrogen) atoms. The molecule has 0 N–H and O–H groups in total. The molecule has 0 aliphatic carbocycles. The van der Waals surface area contributed by atoms with Gasteiger partial charge in [-0.25, -0.2) is 0 Å². The summed E-state index contributed by atoms with van der Waals surface area (Å²) in [5.41, 5.74) is 3.86. The van der Waals surface area contributed by atoms with Crippen molar-refractivity contribution in [2.24, 2.45) is 5.92 Å². The molecule has 1 aliphatic rings. The first-order valence-electron chi connectivity index (χ1n) is 9.58. The van der Waals surface area contributed by atoms with E-state index < -0.39 is 0 Å². The molecule has 0 atom stereocenters. The minimum absolute atomic E-state index is 0.0243. The average molecular weight is 378 g/mol. The van der Waals surface area contributed by atoms with E-state index in [1.165, 1.54) is 11.1 Å². The van der Waals surface area contributed by atoms with Gasteiger partial charge in [0.2, 0.25) is 0 Å². The van der Waals surface area contributed by atoms with Crippen LogP contribution in [-0.2, 0) is 17.9 Å². The Kier molecular flexibility index (Phi) is 6.33. The van der Waals surface area contributed by atoms with Crippen LogP contribution in [0.3, 0.4) is 0 Å². The first-order valence-corrected chi connectivity index (χ1v) is 9.58. The Bertz CT molecular complexity index is 880. The predicted octanol–water partition coefficient (Wildman–Crippen LogP) is 3.86. The van der Waals surface area contributed by atoms with Crippen LogP contribution in [0, 0.1) is 24.2 Å². The maximum Gasteiger partial charge on any atom is 0.137 e. The van der Waals surface area contributed by atoms with Crippen LogP contribution in [0.2, 0.25) is 0 Å². The Morgan fingerprint density at radius 1 is 1.25 bits per heavy atom. The van der Waals surface area contributed by atoms with Crippen LogP contribution in [0.25, 0.3) is 0 Å². The third-order valence-electron chi connectivity index (χ3n) is 4.82. The summed E-state index contributed by atoms with van der Waals surface area (Å²) >= 11 is 0. The van der Waals surface area contributed by atoms with Crippen molar-refractivity contribution < 1.29 is 14.3 Å². The number of carbonyl (C=O) groups excluding carboxylic acids is 1. The Hall–Kier alpha value is -2.84. The molecule has 0 saturated carbocycles. The van der Waals surface area contributed by atoms with Crippen molar-refractivity contribution in [2.45, 2.75) is 40.0 Å². The van der Waals surface area contributed by atoms with E-state index in [0.29, 0.717) is 17.9 Å². The van der Waals surface area contributed by atoms with Crippen molar-refractivity contribution >= 4 is 6.29 Å². The first kappa shape index (κ1) is 19.9. The number of carbonyl (C=O) groups is 1. The molecule has 0 radical (unpaired) electrons. The van der Waals surface area contributed by atoms with Crippen LogP contribution >= 0.6 is 0 Å². The zero-order chi connectivity index (χ0) is 20.1. The molecule has 0 unspecified atom stereocenters. The zero-order valence-electron chi connectivity index (χ0n) is 16.6. The molecule has 2 aromatic rings. The normalized spacial score (nSPS) is 14.4. The Balaban J connectivity index is 1.59. The van der Waals surface area contributed by atoms with Crippen LogP contribution < -0.4 is 9.47 Å². The fourth-order valence-electron chi connectivity index (χ4n) is 3.28. The number of ether oxygens (including phenoxy) is 2. The lowest BCUT2D eigenvalue weighted by atomic mass is 10.00. The number of aldehydes is 1. The molecule has 146 valence electrons. The number of nitriles is 1. The summed E-state index contributed by atoms with van der Waals surface area (Å²) < 4.78 is 11.6. The van der Waals surface area contributed by atoms with Crippen molar-refractivity contribution in [3.8, 4) is 17.6 Å². The second kappa shape index (κ2) is 8.90. The number of aryl methyl sites for hydroxylation is 1. The van der Waals surface area contributed by atoms with Gasteiger partial charge >= 0.3 is 0 Å². The molecule has 5 nitrogen and oxygen atoms in total. The predicted molar refractivity (Wildman–Crippen MR) is 107 cm³/mol. The third-order valence-corrected chi connectivity index (χ3v) is 4.82. The van der Waals surface area contributed by atoms with Crippen LogP contribution in [-0.4, -0.2) is 30.4 Å². The van der Waals surface area contributed by atoms with Gasteiger partial charge in [-0.2, -0.15) is 5.26 Å². The van der Waals surface area contributed by atoms with Crippen molar-refractivity contribution in [2.75, 3.05) is 13.1 Å². The highest BCUT2D eigenvalue weighted by molar-refractivity contribution is 5.55. The summed E-state index contributed by atoms with van der Waals surface area (Å²) in [6.45, 7) is 8.89. The van der Waals surface area contributed by atoms with Gasteiger partial charge < -0.3 is 14.3 Å². The lowest BCUT2D eigenvalue weighted by molar-refractivity contribution is -0.115. The molecular weight excluding hydrogens is 352 g/mol. The Labute approximate surface area is 166 Å². The molecular formula is C23H26N2O3. The van der Waals surface area contributed by atoms with Crippen molar-refractivity contribution in [3.63, 3.8) is 0 Å². The van der Waals surface area contributed by atoms with E-state index in [4.69, 9.17) is 9.47 Å². The molecule has 5 heteroatoms. The topological polar surface area (TPSA) is 62.6 Å². The van der Waals surface area contributed by atoms with E-state index in [0.717, 1.165) is 37.2 Å². The smallest absolute Gasteiger partial charge is 0.137 e. The molecule has 3 rings (SSSR count). The number of nitrogens with zero attached hydrogens (tertiary/aromatic N) is 2. The minimum atomic E-state index is 0.0243. The fraction of sp³-hybridized carbons (Fsp3) is 0.391. The van der Waals surface area contributed by atoms with E-state index >= 15 is 0 Å². The molecule has 1 heterocycles. The second-order valence-electron chi connectivity index (χ2n) is 7.58. The van der Waals surface area contributed by atoms with E-state index in [1.807, 2.05) is 44.2 Å². The third kappa shape index (κ3) is 4.90. The lowest BCUT2D eigenvalue weighted by Crippen LogP contribution is -2.46. The minimum Gasteiger partial charge on any atom is -0.490 e. The van der Waals surface area contributed by atoms with Gasteiger partial charge in [-0.15, -0.1) is 0 Å². The van der Waals surface area contributed by atoms with Crippen molar-refractivity contribution in [1.29, 1.82) is 5.26 Å². The zero-order valence-corrected chi connectivity index (χ0v) is 16.6. The summed E-state index contributed by atoms with van der Waals surface area (Å²) in [7, 11) is 0. The van der Waals surface area contributed by atoms with Gasteiger partial charge in [0.15, 0.2) is 0 Å². The van der Waals surface area contributed by atoms with Crippen LogP contribution in [0.15, 0.2) is 36.4 Å². The molecule has 0 spiro atoms. The Morgan fingerprint density at radius 3 is 2.68 bits per heavy atom. The van der Waals surface area contributed by atoms with Crippen molar-refractivity contribution in [1.82, 2.24) is 4.90 Å². The summed E-state index contributed by atoms with van der Waals surface area (Å²) in [6, 6.07) is 13.8. The number of benzene rings is 2. The number of likely N-dealkylation sites (tertiary alicyclic amines) is 1. The van der Waals surface area contributed by atoms with E-state index in [1.54, 1.807) is 0 Å². The summed E-state index contributed by atoms with van der Waals surface area (Å²) in [6.07, 6.45) is 1.07. The second-order valence-corrected chi connectivity index (χ2v) is 7.58. The highest BCUT2D eigenvalue weighted by Crippen LogP contribution is 2.24. The largest absolute Gasteiger partial charge is 0.490 e. The van der Waals surface area contributed by atoms with E-state index in [-0.39, 0.29) is 12.0 Å². The maximum atomic E-state index is 10.7. The molecule has 2 aromatic carbocycles. The SMILES string of the molecule is Cc1cc(OCc2ccc(OC(C)C)c(C#N)c2)ccc1CN1CC(C=O)C1. The van der Waals surface area contributed by atoms with Crippen LogP contribution in [0.5, 0.6) is 11.5 Å². The standard InChI is InChI=1S/C23H26N2O3/c1-16(2)28-23-7-4-18(9-21(23)10-24)15-27-22-6-5-20(17(3)8-22)13-25-11-19(12-25)14-26/h4-9,14,16,19H,11-13,15H2,1-3H3. The number of rotatable bonds is 8. The molecule has 1 fully saturated rings. The summed E-state index contributed by atoms with van der Waals surface area (Å²) in [4.78, 5) is 13.0. The summed E-state index contributed by atoms with van der Waals surface area (Å²) in [5.74, 6) is 1.60. The van der Waals surface area contributed by atoms with Gasteiger partial charge in [-0.1, -0.05) is 12.1 Å². The van der Waals surface area contributed by atoms with Gasteiger partial charge in [-0.3, -0.25) is 4.90 Å². The highest BCUT2D eigenvalue weighted by Gasteiger charge is 2.26. The van der Waals surface area contributed by atoms with Gasteiger partial charge in [0.05, 0.1) is 11.7 Å². The van der Waals surface area contributed by atoms with Crippen molar-refractivity contribution in [3.05, 3.63) is 58.7 Å². The van der Waals surface area contributed by atoms with E-state index in [2.05, 4.69) is 24.0 Å². The van der Waals surface area contributed by atoms with Gasteiger partial charge in [-0.05, 0) is 61.7 Å². The van der Waals surface area contributed by atoms with E-state index in [9.17, 15) is 10.1 Å². The Morgan fingerprint density at radius 2 is 2.04 bits per heavy atom. The summed E-state index contributed by atoms with van der Waals surface area (Å²) in [5, 5.41) is 9.34. The van der Waals surface area contributed by atoms with Gasteiger partial charge in [0.25, 0.3) is 0 Å². The molecule has 0 aromatic heterocycles. The molecule has 1 aliphatic heterocycles. The van der Waals surface area contributed by atoms with Crippen LogP contribution in [0.4, 0.5) is 0 Å². The number of hydrogen-bond donors (Lipinski definition) is 0. The molecule has 1 saturated heterocycles. The lowest BCUT2D eigenvalue weighted by Gasteiger charge is -2.36. The molecule has 0 amide bonds. The van der Waals surface area contributed by atoms with Gasteiger partial charge in [0, 0.05) is 25.6 Å². The van der Waals surface area contributed by atoms with Crippen LogP contribution in [0.1, 0.15) is 36.1 Å². The number of hydrogen-bond acceptors (Lipinski definition) is 5. The maximum absolute atomic E-state index is 10.7. The average Bonchev–Trinajstić information content (AvgIpc) is 2.64. The quantitative estimate of drug-likeness (QED) is 0.653. The first-order chi connectivity index (χ1) is 13.5.